The summed E-state index contributed by atoms with van der Waals surface area (Å²) in [6.45, 7) is 10.6. The molecule has 0 amide bonds. The summed E-state index contributed by atoms with van der Waals surface area (Å²) in [7, 11) is 1.71. The first-order valence-electron chi connectivity index (χ1n) is 7.65. The highest BCUT2D eigenvalue weighted by Gasteiger charge is 2.24. The molecule has 0 bridgehead atoms. The van der Waals surface area contributed by atoms with Crippen LogP contribution in [0, 0.1) is 6.92 Å². The van der Waals surface area contributed by atoms with Gasteiger partial charge >= 0.3 is 0 Å². The molecule has 1 aliphatic rings. The molecule has 5 heteroatoms. The summed E-state index contributed by atoms with van der Waals surface area (Å²) in [6.07, 6.45) is 2.48. The van der Waals surface area contributed by atoms with E-state index in [0.717, 1.165) is 38.6 Å². The Morgan fingerprint density at radius 3 is 2.71 bits per heavy atom. The van der Waals surface area contributed by atoms with Crippen LogP contribution in [0.1, 0.15) is 25.0 Å². The molecule has 1 fully saturated rings. The van der Waals surface area contributed by atoms with E-state index in [0.29, 0.717) is 0 Å². The number of morpholine rings is 1. The maximum Gasteiger partial charge on any atom is 0.131 e. The monoisotopic (exact) mass is 293 g/mol. The van der Waals surface area contributed by atoms with Gasteiger partial charge in [-0.1, -0.05) is 0 Å². The van der Waals surface area contributed by atoms with Crippen LogP contribution in [0.15, 0.2) is 12.3 Å². The second-order valence-corrected chi connectivity index (χ2v) is 5.82. The van der Waals surface area contributed by atoms with Gasteiger partial charge in [0.1, 0.15) is 5.82 Å². The van der Waals surface area contributed by atoms with Crippen molar-refractivity contribution >= 4 is 5.82 Å². The third-order valence-electron chi connectivity index (χ3n) is 3.64. The summed E-state index contributed by atoms with van der Waals surface area (Å²) in [5.74, 6) is 1.08. The lowest BCUT2D eigenvalue weighted by atomic mass is 10.1. The minimum Gasteiger partial charge on any atom is -0.383 e. The molecule has 118 valence electrons. The Hall–Kier alpha value is -1.17. The van der Waals surface area contributed by atoms with Crippen LogP contribution >= 0.6 is 0 Å². The van der Waals surface area contributed by atoms with Crippen LogP contribution < -0.4 is 10.2 Å². The van der Waals surface area contributed by atoms with Crippen LogP contribution in [0.4, 0.5) is 5.82 Å². The SMILES string of the molecule is COCCNCc1cnc(N2C[C@@H](C)O[C@@H](C)C2)c(C)c1. The lowest BCUT2D eigenvalue weighted by Gasteiger charge is -2.36. The Kier molecular flexibility index (Phi) is 5.96. The lowest BCUT2D eigenvalue weighted by Crippen LogP contribution is -2.46. The van der Waals surface area contributed by atoms with Gasteiger partial charge in [0.25, 0.3) is 0 Å². The van der Waals surface area contributed by atoms with Crippen LogP contribution in [-0.4, -0.2) is 50.5 Å². The van der Waals surface area contributed by atoms with E-state index in [1.165, 1.54) is 11.1 Å². The van der Waals surface area contributed by atoms with E-state index in [-0.39, 0.29) is 12.2 Å². The van der Waals surface area contributed by atoms with Crippen LogP contribution in [0.25, 0.3) is 0 Å². The fourth-order valence-electron chi connectivity index (χ4n) is 2.81. The zero-order valence-electron chi connectivity index (χ0n) is 13.6. The fourth-order valence-corrected chi connectivity index (χ4v) is 2.81. The molecule has 0 saturated carbocycles. The quantitative estimate of drug-likeness (QED) is 0.810. The predicted octanol–water partition coefficient (Wildman–Crippen LogP) is 1.74. The normalized spacial score (nSPS) is 22.6. The van der Waals surface area contributed by atoms with Gasteiger partial charge in [0.05, 0.1) is 18.8 Å². The predicted molar refractivity (Wildman–Crippen MR) is 84.8 cm³/mol. The second-order valence-electron chi connectivity index (χ2n) is 5.82. The van der Waals surface area contributed by atoms with Gasteiger partial charge in [-0.05, 0) is 38.0 Å². The van der Waals surface area contributed by atoms with E-state index in [9.17, 15) is 0 Å². The van der Waals surface area contributed by atoms with Gasteiger partial charge in [0.2, 0.25) is 0 Å². The average Bonchev–Trinajstić information content (AvgIpc) is 2.42. The zero-order valence-corrected chi connectivity index (χ0v) is 13.6. The number of pyridine rings is 1. The molecule has 0 aliphatic carbocycles. The first kappa shape index (κ1) is 16.2. The van der Waals surface area contributed by atoms with Crippen molar-refractivity contribution in [3.05, 3.63) is 23.4 Å². The van der Waals surface area contributed by atoms with E-state index >= 15 is 0 Å². The number of hydrogen-bond donors (Lipinski definition) is 1. The number of aryl methyl sites for hydroxylation is 1. The molecule has 1 N–H and O–H groups in total. The van der Waals surface area contributed by atoms with Crippen molar-refractivity contribution in [3.63, 3.8) is 0 Å². The van der Waals surface area contributed by atoms with E-state index in [1.807, 2.05) is 6.20 Å². The van der Waals surface area contributed by atoms with Crippen LogP contribution in [0.5, 0.6) is 0 Å². The standard InChI is InChI=1S/C16H27N3O2/c1-12-7-15(8-17-5-6-20-4)9-18-16(12)19-10-13(2)21-14(3)11-19/h7,9,13-14,17H,5-6,8,10-11H2,1-4H3/t13-,14+. The summed E-state index contributed by atoms with van der Waals surface area (Å²) in [6, 6.07) is 2.22. The molecule has 1 saturated heterocycles. The molecule has 0 radical (unpaired) electrons. The molecule has 0 unspecified atom stereocenters. The van der Waals surface area contributed by atoms with E-state index in [1.54, 1.807) is 7.11 Å². The molecule has 2 rings (SSSR count). The number of hydrogen-bond acceptors (Lipinski definition) is 5. The Bertz CT molecular complexity index is 443. The van der Waals surface area contributed by atoms with Gasteiger partial charge in [0, 0.05) is 39.5 Å². The Balaban J connectivity index is 1.98. The van der Waals surface area contributed by atoms with E-state index in [2.05, 4.69) is 42.0 Å². The molecule has 2 heterocycles. The summed E-state index contributed by atoms with van der Waals surface area (Å²) in [5, 5.41) is 3.34. The Morgan fingerprint density at radius 2 is 2.10 bits per heavy atom. The average molecular weight is 293 g/mol. The Labute approximate surface area is 127 Å². The highest BCUT2D eigenvalue weighted by atomic mass is 16.5. The zero-order chi connectivity index (χ0) is 15.2. The molecular formula is C16H27N3O2. The summed E-state index contributed by atoms with van der Waals surface area (Å²) in [4.78, 5) is 7.00. The van der Waals surface area contributed by atoms with Crippen molar-refractivity contribution in [3.8, 4) is 0 Å². The minimum atomic E-state index is 0.255. The van der Waals surface area contributed by atoms with Crippen LogP contribution in [-0.2, 0) is 16.0 Å². The number of ether oxygens (including phenoxy) is 2. The lowest BCUT2D eigenvalue weighted by molar-refractivity contribution is -0.00549. The number of methoxy groups -OCH3 is 1. The number of rotatable bonds is 6. The van der Waals surface area contributed by atoms with Crippen LogP contribution in [0.2, 0.25) is 0 Å². The van der Waals surface area contributed by atoms with Crippen molar-refractivity contribution in [2.45, 2.75) is 39.5 Å². The van der Waals surface area contributed by atoms with Crippen LogP contribution in [0.3, 0.4) is 0 Å². The minimum absolute atomic E-state index is 0.255. The molecule has 1 aromatic heterocycles. The molecule has 21 heavy (non-hydrogen) atoms. The topological polar surface area (TPSA) is 46.6 Å². The molecule has 0 spiro atoms. The van der Waals surface area contributed by atoms with E-state index < -0.39 is 0 Å². The van der Waals surface area contributed by atoms with E-state index in [4.69, 9.17) is 9.47 Å². The van der Waals surface area contributed by atoms with Gasteiger partial charge in [-0.3, -0.25) is 0 Å². The molecule has 2 atom stereocenters. The second kappa shape index (κ2) is 7.73. The highest BCUT2D eigenvalue weighted by molar-refractivity contribution is 5.48. The molecule has 5 nitrogen and oxygen atoms in total. The van der Waals surface area contributed by atoms with Gasteiger partial charge in [0.15, 0.2) is 0 Å². The molecule has 1 aromatic rings. The van der Waals surface area contributed by atoms with Crippen molar-refractivity contribution in [2.24, 2.45) is 0 Å². The fraction of sp³-hybridized carbons (Fsp3) is 0.688. The largest absolute Gasteiger partial charge is 0.383 e. The van der Waals surface area contributed by atoms with Crippen molar-refractivity contribution in [2.75, 3.05) is 38.3 Å². The molecule has 0 aromatic carbocycles. The smallest absolute Gasteiger partial charge is 0.131 e. The maximum atomic E-state index is 5.79. The van der Waals surface area contributed by atoms with Gasteiger partial charge in [-0.15, -0.1) is 0 Å². The first-order valence-corrected chi connectivity index (χ1v) is 7.65. The number of nitrogens with one attached hydrogen (secondary N) is 1. The van der Waals surface area contributed by atoms with Crippen molar-refractivity contribution in [1.82, 2.24) is 10.3 Å². The molecule has 1 aliphatic heterocycles. The van der Waals surface area contributed by atoms with Gasteiger partial charge in [-0.2, -0.15) is 0 Å². The molecular weight excluding hydrogens is 266 g/mol. The summed E-state index contributed by atoms with van der Waals surface area (Å²) < 4.78 is 10.8. The Morgan fingerprint density at radius 1 is 1.38 bits per heavy atom. The number of nitrogens with zero attached hydrogens (tertiary/aromatic N) is 2. The third kappa shape index (κ3) is 4.66. The number of aromatic nitrogens is 1. The highest BCUT2D eigenvalue weighted by Crippen LogP contribution is 2.22. The maximum absolute atomic E-state index is 5.79. The van der Waals surface area contributed by atoms with Crippen molar-refractivity contribution in [1.29, 1.82) is 0 Å². The first-order chi connectivity index (χ1) is 10.1. The summed E-state index contributed by atoms with van der Waals surface area (Å²) in [5.41, 5.74) is 2.43. The number of anilines is 1. The third-order valence-corrected chi connectivity index (χ3v) is 3.64. The summed E-state index contributed by atoms with van der Waals surface area (Å²) >= 11 is 0. The van der Waals surface area contributed by atoms with Crippen molar-refractivity contribution < 1.29 is 9.47 Å². The van der Waals surface area contributed by atoms with Gasteiger partial charge in [-0.25, -0.2) is 4.98 Å². The van der Waals surface area contributed by atoms with Gasteiger partial charge < -0.3 is 19.7 Å².